The topological polar surface area (TPSA) is 85.8 Å². The summed E-state index contributed by atoms with van der Waals surface area (Å²) in [7, 11) is 1.59. The number of anilines is 1. The van der Waals surface area contributed by atoms with E-state index in [2.05, 4.69) is 5.32 Å². The monoisotopic (exact) mass is 588 g/mol. The lowest BCUT2D eigenvalue weighted by Gasteiger charge is -2.22. The van der Waals surface area contributed by atoms with Crippen LogP contribution in [0.15, 0.2) is 48.5 Å². The Kier molecular flexibility index (Phi) is 13.3. The molecular weight excluding hydrogens is 547 g/mol. The Morgan fingerprint density at radius 3 is 2.44 bits per heavy atom. The molecule has 0 aliphatic carbocycles. The molecule has 41 heavy (non-hydrogen) atoms. The Bertz CT molecular complexity index is 1260. The Labute approximate surface area is 248 Å². The maximum atomic E-state index is 13.0. The highest BCUT2D eigenvalue weighted by molar-refractivity contribution is 6.33. The molecule has 1 saturated heterocycles. The van der Waals surface area contributed by atoms with Crippen LogP contribution in [0.4, 0.5) is 15.0 Å². The van der Waals surface area contributed by atoms with E-state index in [4.69, 9.17) is 35.8 Å². The van der Waals surface area contributed by atoms with Crippen LogP contribution in [0, 0.1) is 0 Å². The number of nitrogens with one attached hydrogen (secondary N) is 1. The molecule has 1 fully saturated rings. The highest BCUT2D eigenvalue weighted by atomic mass is 35.5. The third-order valence-corrected chi connectivity index (χ3v) is 6.91. The lowest BCUT2D eigenvalue weighted by Crippen LogP contribution is -2.36. The lowest BCUT2D eigenvalue weighted by atomic mass is 10.1. The number of amides is 1. The van der Waals surface area contributed by atoms with E-state index in [1.54, 1.807) is 18.1 Å². The Morgan fingerprint density at radius 1 is 1.07 bits per heavy atom. The number of aromatic nitrogens is 2. The zero-order valence-corrected chi connectivity index (χ0v) is 23.2. The minimum absolute atomic E-state index is 0. The predicted molar refractivity (Wildman–Crippen MR) is 163 cm³/mol. The number of benzene rings is 2. The molecule has 4 rings (SSSR count). The average Bonchev–Trinajstić information content (AvgIpc) is 3.37. The highest BCUT2D eigenvalue weighted by Gasteiger charge is 2.37. The predicted octanol–water partition coefficient (Wildman–Crippen LogP) is 6.99. The molecule has 3 aromatic rings. The molecule has 1 N–H and O–H groups in total. The van der Waals surface area contributed by atoms with E-state index in [0.717, 1.165) is 28.2 Å². The van der Waals surface area contributed by atoms with Gasteiger partial charge >= 0.3 is 6.09 Å². The number of aryl methyl sites for hydroxylation is 2. The van der Waals surface area contributed by atoms with Crippen molar-refractivity contribution in [1.29, 1.82) is 0 Å². The van der Waals surface area contributed by atoms with Gasteiger partial charge in [0.25, 0.3) is 0 Å². The van der Waals surface area contributed by atoms with Gasteiger partial charge in [-0.15, -0.1) is 0 Å². The van der Waals surface area contributed by atoms with Crippen molar-refractivity contribution >= 4 is 23.5 Å². The van der Waals surface area contributed by atoms with Crippen LogP contribution in [-0.4, -0.2) is 66.6 Å². The number of likely N-dealkylation sites (tertiary alicyclic amines) is 1. The van der Waals surface area contributed by atoms with Crippen LogP contribution >= 0.6 is 11.6 Å². The zero-order chi connectivity index (χ0) is 27.8. The van der Waals surface area contributed by atoms with E-state index in [0.29, 0.717) is 36.0 Å². The summed E-state index contributed by atoms with van der Waals surface area (Å²) in [5.41, 5.74) is 3.93. The fourth-order valence-corrected chi connectivity index (χ4v) is 4.82. The minimum atomic E-state index is -0.612. The van der Waals surface area contributed by atoms with E-state index >= 15 is 0 Å². The maximum absolute atomic E-state index is 13.0. The number of alkyl halides is 1. The molecular formula is C31H42ClFN4O4. The molecule has 2 aromatic carbocycles. The average molecular weight is 589 g/mol. The van der Waals surface area contributed by atoms with Crippen LogP contribution in [0.25, 0.3) is 11.3 Å². The summed E-state index contributed by atoms with van der Waals surface area (Å²) in [6, 6.07) is 14.7. The second kappa shape index (κ2) is 16.1. The van der Waals surface area contributed by atoms with Crippen LogP contribution in [0.1, 0.15) is 45.7 Å². The number of carbonyl (C=O) groups excluding carboxylic acids is 1. The smallest absolute Gasteiger partial charge is 0.410 e. The molecule has 8 nitrogen and oxygen atoms in total. The van der Waals surface area contributed by atoms with Crippen LogP contribution in [-0.2, 0) is 28.9 Å². The summed E-state index contributed by atoms with van der Waals surface area (Å²) < 4.78 is 29.5. The van der Waals surface area contributed by atoms with Gasteiger partial charge in [0.05, 0.1) is 54.5 Å². The molecule has 0 radical (unpaired) electrons. The van der Waals surface area contributed by atoms with E-state index in [-0.39, 0.29) is 40.7 Å². The SMILES string of the molecule is C.C.CCc1nc(-c2ccc(OC)cc2Cl)c(CC)nc1N[C@@H]1CN(C(=O)OCc2ccccc2)C[C@@H]1OCCF. The third kappa shape index (κ3) is 8.30. The lowest BCUT2D eigenvalue weighted by molar-refractivity contribution is 0.0424. The van der Waals surface area contributed by atoms with Gasteiger partial charge in [0.15, 0.2) is 0 Å². The first-order chi connectivity index (χ1) is 19.0. The van der Waals surface area contributed by atoms with E-state index < -0.39 is 18.9 Å². The van der Waals surface area contributed by atoms with Crippen molar-refractivity contribution in [3.63, 3.8) is 0 Å². The molecule has 1 aromatic heterocycles. The van der Waals surface area contributed by atoms with Crippen LogP contribution in [0.5, 0.6) is 5.75 Å². The molecule has 0 saturated carbocycles. The van der Waals surface area contributed by atoms with Crippen LogP contribution < -0.4 is 10.1 Å². The van der Waals surface area contributed by atoms with E-state index in [1.165, 1.54) is 0 Å². The molecule has 10 heteroatoms. The third-order valence-electron chi connectivity index (χ3n) is 6.60. The Balaban J connectivity index is 0.00000294. The van der Waals surface area contributed by atoms with Crippen molar-refractivity contribution < 1.29 is 23.4 Å². The second-order valence-electron chi connectivity index (χ2n) is 9.16. The Hall–Kier alpha value is -3.43. The summed E-state index contributed by atoms with van der Waals surface area (Å²) >= 11 is 6.56. The number of hydrogen-bond acceptors (Lipinski definition) is 7. The zero-order valence-electron chi connectivity index (χ0n) is 22.5. The number of rotatable bonds is 11. The summed E-state index contributed by atoms with van der Waals surface area (Å²) in [6.07, 6.45) is 0.370. The fourth-order valence-electron chi connectivity index (χ4n) is 4.56. The molecule has 1 aliphatic heterocycles. The Morgan fingerprint density at radius 2 is 1.80 bits per heavy atom. The van der Waals surface area contributed by atoms with Crippen LogP contribution in [0.3, 0.4) is 0 Å². The number of carbonyl (C=O) groups is 1. The number of hydrogen-bond donors (Lipinski definition) is 1. The van der Waals surface area contributed by atoms with Crippen molar-refractivity contribution in [2.24, 2.45) is 0 Å². The van der Waals surface area contributed by atoms with Crippen molar-refractivity contribution in [2.75, 3.05) is 38.8 Å². The van der Waals surface area contributed by atoms with Gasteiger partial charge in [-0.05, 0) is 36.6 Å². The van der Waals surface area contributed by atoms with Crippen molar-refractivity contribution in [2.45, 2.75) is 60.3 Å². The molecule has 1 amide bonds. The second-order valence-corrected chi connectivity index (χ2v) is 9.57. The largest absolute Gasteiger partial charge is 0.497 e. The standard InChI is InChI=1S/C29H34ClFN4O4.2CH4/c1-4-23-27(21-12-11-20(37-3)15-22(21)30)32-24(5-2)28(33-23)34-25-16-35(17-26(25)38-14-13-31)29(36)39-18-19-9-7-6-8-10-19;;/h6-12,15,25-26H,4-5,13-14,16-18H2,1-3H3,(H,33,34);2*1H4/t25-,26+;;/m1../s1. The first-order valence-corrected chi connectivity index (χ1v) is 13.5. The molecule has 0 spiro atoms. The number of ether oxygens (including phenoxy) is 3. The normalized spacial score (nSPS) is 16.0. The summed E-state index contributed by atoms with van der Waals surface area (Å²) in [5, 5.41) is 3.97. The number of methoxy groups -OCH3 is 1. The molecule has 1 aliphatic rings. The summed E-state index contributed by atoms with van der Waals surface area (Å²) in [6.45, 7) is 4.11. The first kappa shape index (κ1) is 33.8. The van der Waals surface area contributed by atoms with Gasteiger partial charge in [-0.25, -0.2) is 19.2 Å². The van der Waals surface area contributed by atoms with Gasteiger partial charge < -0.3 is 24.4 Å². The number of nitrogens with zero attached hydrogens (tertiary/aromatic N) is 3. The first-order valence-electron chi connectivity index (χ1n) is 13.1. The maximum Gasteiger partial charge on any atom is 0.410 e. The van der Waals surface area contributed by atoms with E-state index in [1.807, 2.05) is 56.3 Å². The van der Waals surface area contributed by atoms with Crippen molar-refractivity contribution in [3.05, 3.63) is 70.5 Å². The summed E-state index contributed by atoms with van der Waals surface area (Å²) in [4.78, 5) is 24.3. The minimum Gasteiger partial charge on any atom is -0.497 e. The fraction of sp³-hybridized carbons (Fsp3) is 0.452. The van der Waals surface area contributed by atoms with Crippen molar-refractivity contribution in [3.8, 4) is 17.0 Å². The van der Waals surface area contributed by atoms with Crippen LogP contribution in [0.2, 0.25) is 5.02 Å². The quantitative estimate of drug-likeness (QED) is 0.258. The summed E-state index contributed by atoms with van der Waals surface area (Å²) in [5.74, 6) is 1.28. The molecule has 2 heterocycles. The van der Waals surface area contributed by atoms with Gasteiger partial charge in [0, 0.05) is 12.1 Å². The van der Waals surface area contributed by atoms with Gasteiger partial charge in [-0.3, -0.25) is 0 Å². The van der Waals surface area contributed by atoms with Gasteiger partial charge in [0.2, 0.25) is 0 Å². The van der Waals surface area contributed by atoms with Gasteiger partial charge in [-0.2, -0.15) is 0 Å². The van der Waals surface area contributed by atoms with E-state index in [9.17, 15) is 9.18 Å². The molecule has 0 bridgehead atoms. The molecule has 0 unspecified atom stereocenters. The molecule has 2 atom stereocenters. The van der Waals surface area contributed by atoms with Crippen molar-refractivity contribution in [1.82, 2.24) is 14.9 Å². The highest BCUT2D eigenvalue weighted by Crippen LogP contribution is 2.33. The number of halogens is 2. The van der Waals surface area contributed by atoms with Gasteiger partial charge in [0.1, 0.15) is 24.8 Å². The van der Waals surface area contributed by atoms with Gasteiger partial charge in [-0.1, -0.05) is 70.6 Å². The molecule has 224 valence electrons.